The number of fused-ring (bicyclic) bond motifs is 2. The Balaban J connectivity index is 1.58. The normalized spacial score (nSPS) is 20.7. The molecular formula is C54H75N13O7. The van der Waals surface area contributed by atoms with E-state index in [-0.39, 0.29) is 82.3 Å². The molecule has 1 unspecified atom stereocenters. The van der Waals surface area contributed by atoms with E-state index < -0.39 is 84.1 Å². The zero-order chi connectivity index (χ0) is 53.6. The van der Waals surface area contributed by atoms with Crippen molar-refractivity contribution in [1.29, 1.82) is 0 Å². The van der Waals surface area contributed by atoms with E-state index in [1.807, 2.05) is 106 Å². The van der Waals surface area contributed by atoms with Crippen molar-refractivity contribution < 1.29 is 33.6 Å². The van der Waals surface area contributed by atoms with Crippen LogP contribution in [0, 0.1) is 5.92 Å². The van der Waals surface area contributed by atoms with Gasteiger partial charge in [0.1, 0.15) is 36.3 Å². The maximum absolute atomic E-state index is 14.8. The molecule has 1 saturated heterocycles. The molecule has 0 radical (unpaired) electrons. The summed E-state index contributed by atoms with van der Waals surface area (Å²) in [5.41, 5.74) is 23.8. The molecular weight excluding hydrogens is 943 g/mol. The maximum Gasteiger partial charge on any atom is 0.243 e. The zero-order valence-corrected chi connectivity index (χ0v) is 42.8. The molecule has 15 N–H and O–H groups in total. The largest absolute Gasteiger partial charge is 0.370 e. The third kappa shape index (κ3) is 18.7. The van der Waals surface area contributed by atoms with Gasteiger partial charge in [-0.1, -0.05) is 131 Å². The van der Waals surface area contributed by atoms with Crippen LogP contribution in [0.2, 0.25) is 0 Å². The SMILES string of the molecule is CCCCCCC1NC(=O)CNC(=O)[C@H](Cc2ccc3ccccc3c2)NC(=O)[C@H](CCCN=C(N)N)NC(=O)[C@H](CC(C)C)NC(=O)[C@H](Cc2ccc3ccccc3c2)NC(=O)[C@H](CCCN=C(N)N)NC1=O. The second-order valence-electron chi connectivity index (χ2n) is 19.3. The van der Waals surface area contributed by atoms with E-state index in [9.17, 15) is 33.6 Å². The van der Waals surface area contributed by atoms with Gasteiger partial charge in [-0.05, 0) is 77.1 Å². The van der Waals surface area contributed by atoms with E-state index in [2.05, 4.69) is 47.2 Å². The lowest BCUT2D eigenvalue weighted by atomic mass is 9.98. The van der Waals surface area contributed by atoms with Crippen molar-refractivity contribution in [3.8, 4) is 0 Å². The van der Waals surface area contributed by atoms with Gasteiger partial charge < -0.3 is 60.2 Å². The van der Waals surface area contributed by atoms with Gasteiger partial charge in [-0.15, -0.1) is 0 Å². The van der Waals surface area contributed by atoms with Crippen LogP contribution in [0.5, 0.6) is 0 Å². The van der Waals surface area contributed by atoms with Crippen LogP contribution in [-0.2, 0) is 46.4 Å². The number of guanidine groups is 2. The number of carbonyl (C=O) groups is 7. The first-order chi connectivity index (χ1) is 35.5. The van der Waals surface area contributed by atoms with Crippen molar-refractivity contribution in [2.24, 2.45) is 38.8 Å². The predicted octanol–water partition coefficient (Wildman–Crippen LogP) is 1.94. The van der Waals surface area contributed by atoms with Crippen LogP contribution < -0.4 is 60.2 Å². The second-order valence-corrected chi connectivity index (χ2v) is 19.3. The minimum absolute atomic E-state index is 0.00260. The lowest BCUT2D eigenvalue weighted by Gasteiger charge is -2.28. The van der Waals surface area contributed by atoms with E-state index in [1.54, 1.807) is 0 Å². The molecule has 398 valence electrons. The van der Waals surface area contributed by atoms with Gasteiger partial charge in [0, 0.05) is 25.9 Å². The summed E-state index contributed by atoms with van der Waals surface area (Å²) in [6.07, 6.45) is 3.99. The molecule has 1 aliphatic heterocycles. The van der Waals surface area contributed by atoms with Gasteiger partial charge in [0.15, 0.2) is 11.9 Å². The number of nitrogens with two attached hydrogens (primary N) is 4. The van der Waals surface area contributed by atoms with Crippen molar-refractivity contribution >= 4 is 74.8 Å². The number of carbonyl (C=O) groups excluding carboxylic acids is 7. The molecule has 7 amide bonds. The lowest BCUT2D eigenvalue weighted by molar-refractivity contribution is -0.135. The molecule has 20 heteroatoms. The van der Waals surface area contributed by atoms with Crippen LogP contribution in [0.15, 0.2) is 94.9 Å². The van der Waals surface area contributed by atoms with Gasteiger partial charge in [0.2, 0.25) is 41.4 Å². The van der Waals surface area contributed by atoms with Crippen molar-refractivity contribution in [2.45, 2.75) is 134 Å². The van der Waals surface area contributed by atoms with Gasteiger partial charge in [-0.3, -0.25) is 43.5 Å². The summed E-state index contributed by atoms with van der Waals surface area (Å²) >= 11 is 0. The Bertz CT molecular complexity index is 2630. The van der Waals surface area contributed by atoms with Crippen molar-refractivity contribution in [1.82, 2.24) is 37.2 Å². The topological polar surface area (TPSA) is 332 Å². The van der Waals surface area contributed by atoms with Crippen LogP contribution in [0.4, 0.5) is 0 Å². The molecule has 4 aromatic rings. The molecule has 0 spiro atoms. The number of nitrogens with one attached hydrogen (secondary N) is 7. The van der Waals surface area contributed by atoms with Crippen molar-refractivity contribution in [3.63, 3.8) is 0 Å². The summed E-state index contributed by atoms with van der Waals surface area (Å²) in [6, 6.07) is 19.3. The van der Waals surface area contributed by atoms with E-state index in [0.717, 1.165) is 40.8 Å². The molecule has 0 bridgehead atoms. The van der Waals surface area contributed by atoms with E-state index in [0.29, 0.717) is 17.5 Å². The van der Waals surface area contributed by atoms with E-state index in [4.69, 9.17) is 22.9 Å². The standard InChI is InChI=1S/C54H75N13O7/c1-4-5-6-7-18-40-48(70)63-41(19-12-25-59-53(55)56)50(72)67-45(31-35-22-24-37-15-9-11-17-39(37)29-35)52(74)65-43(27-33(2)3)51(73)64-42(20-13-26-60-54(57)58)49(71)66-44(47(69)61-32-46(68)62-40)30-34-21-23-36-14-8-10-16-38(36)28-34/h8-11,14-17,21-24,28-29,33,40-45H,4-7,12-13,18-20,25-27,30-32H2,1-3H3,(H,61,69)(H,62,68)(H,63,70)(H,64,73)(H,65,74)(H,66,71)(H,67,72)(H4,55,56,59)(H4,57,58,60)/t40?,41-,42-,43-,44-,45-/m0/s1. The highest BCUT2D eigenvalue weighted by Crippen LogP contribution is 2.20. The third-order valence-electron chi connectivity index (χ3n) is 12.7. The number of benzene rings is 4. The maximum atomic E-state index is 14.8. The van der Waals surface area contributed by atoms with E-state index >= 15 is 0 Å². The fourth-order valence-electron chi connectivity index (χ4n) is 8.81. The number of amides is 7. The van der Waals surface area contributed by atoms with Gasteiger partial charge in [0.25, 0.3) is 0 Å². The van der Waals surface area contributed by atoms with Gasteiger partial charge >= 0.3 is 0 Å². The molecule has 0 saturated carbocycles. The number of unbranched alkanes of at least 4 members (excludes halogenated alkanes) is 3. The Morgan fingerprint density at radius 1 is 0.486 bits per heavy atom. The first kappa shape index (κ1) is 57.1. The number of aliphatic imine (C=N–C) groups is 2. The van der Waals surface area contributed by atoms with Crippen LogP contribution >= 0.6 is 0 Å². The van der Waals surface area contributed by atoms with Gasteiger partial charge in [-0.25, -0.2) is 0 Å². The summed E-state index contributed by atoms with van der Waals surface area (Å²) in [4.78, 5) is 109. The lowest BCUT2D eigenvalue weighted by Crippen LogP contribution is -2.60. The minimum Gasteiger partial charge on any atom is -0.370 e. The highest BCUT2D eigenvalue weighted by Gasteiger charge is 2.34. The molecule has 0 aliphatic carbocycles. The molecule has 0 aromatic heterocycles. The Morgan fingerprint density at radius 3 is 1.36 bits per heavy atom. The Morgan fingerprint density at radius 2 is 0.892 bits per heavy atom. The van der Waals surface area contributed by atoms with Gasteiger partial charge in [-0.2, -0.15) is 0 Å². The summed E-state index contributed by atoms with van der Waals surface area (Å²) in [7, 11) is 0. The zero-order valence-electron chi connectivity index (χ0n) is 42.8. The molecule has 1 fully saturated rings. The van der Waals surface area contributed by atoms with Crippen LogP contribution in [0.25, 0.3) is 21.5 Å². The van der Waals surface area contributed by atoms with Crippen molar-refractivity contribution in [3.05, 3.63) is 96.1 Å². The van der Waals surface area contributed by atoms with Crippen LogP contribution in [0.1, 0.15) is 96.1 Å². The Hall–Kier alpha value is -7.77. The Labute approximate surface area is 432 Å². The predicted molar refractivity (Wildman–Crippen MR) is 288 cm³/mol. The fourth-order valence-corrected chi connectivity index (χ4v) is 8.81. The molecule has 1 heterocycles. The van der Waals surface area contributed by atoms with Crippen LogP contribution in [-0.4, -0.2) is 109 Å². The molecule has 4 aromatic carbocycles. The highest BCUT2D eigenvalue weighted by molar-refractivity contribution is 5.98. The molecule has 1 aliphatic rings. The second kappa shape index (κ2) is 29.1. The summed E-state index contributed by atoms with van der Waals surface area (Å²) < 4.78 is 0. The summed E-state index contributed by atoms with van der Waals surface area (Å²) in [5, 5.41) is 23.4. The number of rotatable bonds is 19. The third-order valence-corrected chi connectivity index (χ3v) is 12.7. The number of nitrogens with zero attached hydrogens (tertiary/aromatic N) is 2. The molecule has 74 heavy (non-hydrogen) atoms. The monoisotopic (exact) mass is 1020 g/mol. The highest BCUT2D eigenvalue weighted by atomic mass is 16.2. The first-order valence-corrected chi connectivity index (χ1v) is 25.6. The average Bonchev–Trinajstić information content (AvgIpc) is 3.36. The minimum atomic E-state index is -1.28. The van der Waals surface area contributed by atoms with Crippen LogP contribution in [0.3, 0.4) is 0 Å². The number of hydrogen-bond acceptors (Lipinski definition) is 9. The van der Waals surface area contributed by atoms with Gasteiger partial charge in [0.05, 0.1) is 6.54 Å². The average molecular weight is 1020 g/mol. The smallest absolute Gasteiger partial charge is 0.243 e. The fraction of sp³-hybridized carbons (Fsp3) is 0.463. The van der Waals surface area contributed by atoms with Crippen molar-refractivity contribution in [2.75, 3.05) is 19.6 Å². The Kier molecular flexibility index (Phi) is 22.4. The summed E-state index contributed by atoms with van der Waals surface area (Å²) in [5.74, 6) is -5.35. The van der Waals surface area contributed by atoms with E-state index in [1.165, 1.54) is 0 Å². The molecule has 6 atom stereocenters. The first-order valence-electron chi connectivity index (χ1n) is 25.6. The molecule has 5 rings (SSSR count). The summed E-state index contributed by atoms with van der Waals surface area (Å²) in [6.45, 7) is 5.46. The number of hydrogen-bond donors (Lipinski definition) is 11. The molecule has 20 nitrogen and oxygen atoms in total. The quantitative estimate of drug-likeness (QED) is 0.0366.